The lowest BCUT2D eigenvalue weighted by Gasteiger charge is -2.32. The van der Waals surface area contributed by atoms with Crippen LogP contribution < -0.4 is 10.6 Å². The van der Waals surface area contributed by atoms with Crippen LogP contribution in [0.15, 0.2) is 6.20 Å². The molecule has 0 aromatic carbocycles. The highest BCUT2D eigenvalue weighted by atomic mass is 15.2. The molecule has 3 N–H and O–H groups in total. The van der Waals surface area contributed by atoms with Gasteiger partial charge in [0.1, 0.15) is 0 Å². The highest BCUT2D eigenvalue weighted by Crippen LogP contribution is 2.38. The second kappa shape index (κ2) is 4.69. The molecular weight excluding hydrogens is 212 g/mol. The quantitative estimate of drug-likeness (QED) is 0.823. The molecule has 4 nitrogen and oxygen atoms in total. The summed E-state index contributed by atoms with van der Waals surface area (Å²) in [7, 11) is 0. The van der Waals surface area contributed by atoms with Crippen molar-refractivity contribution in [2.24, 2.45) is 5.73 Å². The summed E-state index contributed by atoms with van der Waals surface area (Å²) in [5.74, 6) is 0.711. The maximum absolute atomic E-state index is 5.96. The number of hydrogen-bond donors (Lipinski definition) is 2. The molecule has 94 valence electrons. The zero-order chi connectivity index (χ0) is 11.7. The van der Waals surface area contributed by atoms with E-state index in [-0.39, 0.29) is 0 Å². The molecule has 2 fully saturated rings. The smallest absolute Gasteiger partial charge is 0.0785 e. The summed E-state index contributed by atoms with van der Waals surface area (Å²) in [5.41, 5.74) is 8.67. The first kappa shape index (κ1) is 11.1. The van der Waals surface area contributed by atoms with E-state index in [1.165, 1.54) is 37.1 Å². The lowest BCUT2D eigenvalue weighted by Crippen LogP contribution is -2.40. The van der Waals surface area contributed by atoms with E-state index in [1.54, 1.807) is 0 Å². The zero-order valence-corrected chi connectivity index (χ0v) is 10.4. The van der Waals surface area contributed by atoms with Gasteiger partial charge < -0.3 is 10.6 Å². The Morgan fingerprint density at radius 3 is 2.59 bits per heavy atom. The standard InChI is InChI=1S/C13H22N4/c14-11-5-7-17(8-6-11)12-9-15-16-13(12)10-3-1-2-4-10/h9-11H,1-8,14H2,(H,15,16). The Balaban J connectivity index is 1.76. The van der Waals surface area contributed by atoms with E-state index in [0.29, 0.717) is 12.0 Å². The Hall–Kier alpha value is -1.03. The molecule has 3 rings (SSSR count). The summed E-state index contributed by atoms with van der Waals surface area (Å²) < 4.78 is 0. The van der Waals surface area contributed by atoms with Gasteiger partial charge in [-0.05, 0) is 25.7 Å². The van der Waals surface area contributed by atoms with Crippen molar-refractivity contribution in [3.8, 4) is 0 Å². The number of nitrogens with two attached hydrogens (primary N) is 1. The van der Waals surface area contributed by atoms with Gasteiger partial charge in [0.25, 0.3) is 0 Å². The third-order valence-electron chi connectivity index (χ3n) is 4.29. The van der Waals surface area contributed by atoms with Gasteiger partial charge in [-0.2, -0.15) is 5.10 Å². The fourth-order valence-corrected chi connectivity index (χ4v) is 3.20. The van der Waals surface area contributed by atoms with Crippen LogP contribution in [-0.4, -0.2) is 29.3 Å². The van der Waals surface area contributed by atoms with E-state index in [4.69, 9.17) is 5.73 Å². The predicted molar refractivity (Wildman–Crippen MR) is 69.2 cm³/mol. The third-order valence-corrected chi connectivity index (χ3v) is 4.29. The fraction of sp³-hybridized carbons (Fsp3) is 0.769. The molecular formula is C13H22N4. The number of hydrogen-bond acceptors (Lipinski definition) is 3. The van der Waals surface area contributed by atoms with Crippen molar-refractivity contribution in [2.75, 3.05) is 18.0 Å². The van der Waals surface area contributed by atoms with Crippen LogP contribution in [0.25, 0.3) is 0 Å². The summed E-state index contributed by atoms with van der Waals surface area (Å²) >= 11 is 0. The Kier molecular flexibility index (Phi) is 3.05. The number of nitrogens with zero attached hydrogens (tertiary/aromatic N) is 2. The highest BCUT2D eigenvalue weighted by Gasteiger charge is 2.25. The van der Waals surface area contributed by atoms with Crippen molar-refractivity contribution in [1.29, 1.82) is 0 Å². The molecule has 2 aliphatic rings. The monoisotopic (exact) mass is 234 g/mol. The molecule has 2 heterocycles. The van der Waals surface area contributed by atoms with Crippen LogP contribution in [0.1, 0.15) is 50.1 Å². The summed E-state index contributed by atoms with van der Waals surface area (Å²) in [6.07, 6.45) is 9.60. The molecule has 1 aliphatic heterocycles. The predicted octanol–water partition coefficient (Wildman–Crippen LogP) is 1.99. The maximum Gasteiger partial charge on any atom is 0.0785 e. The van der Waals surface area contributed by atoms with E-state index >= 15 is 0 Å². The molecule has 0 radical (unpaired) electrons. The Labute approximate surface area is 103 Å². The van der Waals surface area contributed by atoms with Gasteiger partial charge in [0, 0.05) is 25.0 Å². The van der Waals surface area contributed by atoms with E-state index in [1.807, 2.05) is 6.20 Å². The van der Waals surface area contributed by atoms with E-state index in [9.17, 15) is 0 Å². The normalized spacial score (nSPS) is 23.5. The van der Waals surface area contributed by atoms with Gasteiger partial charge >= 0.3 is 0 Å². The summed E-state index contributed by atoms with van der Waals surface area (Å²) in [6.45, 7) is 2.17. The van der Waals surface area contributed by atoms with E-state index in [2.05, 4.69) is 15.1 Å². The first-order valence-corrected chi connectivity index (χ1v) is 6.88. The molecule has 1 aliphatic carbocycles. The molecule has 0 bridgehead atoms. The summed E-state index contributed by atoms with van der Waals surface area (Å²) in [4.78, 5) is 2.46. The van der Waals surface area contributed by atoms with Crippen LogP contribution in [0.4, 0.5) is 5.69 Å². The van der Waals surface area contributed by atoms with E-state index < -0.39 is 0 Å². The Morgan fingerprint density at radius 1 is 1.18 bits per heavy atom. The van der Waals surface area contributed by atoms with Gasteiger partial charge in [0.05, 0.1) is 17.6 Å². The van der Waals surface area contributed by atoms with Gasteiger partial charge in [-0.1, -0.05) is 12.8 Å². The third kappa shape index (κ3) is 2.18. The lowest BCUT2D eigenvalue weighted by atomic mass is 10.0. The maximum atomic E-state index is 5.96. The molecule has 0 unspecified atom stereocenters. The minimum Gasteiger partial charge on any atom is -0.369 e. The molecule has 1 aromatic heterocycles. The van der Waals surface area contributed by atoms with Gasteiger partial charge in [-0.15, -0.1) is 0 Å². The van der Waals surface area contributed by atoms with Crippen molar-refractivity contribution in [3.63, 3.8) is 0 Å². The van der Waals surface area contributed by atoms with Crippen molar-refractivity contribution < 1.29 is 0 Å². The number of nitrogens with one attached hydrogen (secondary N) is 1. The van der Waals surface area contributed by atoms with Crippen molar-refractivity contribution in [1.82, 2.24) is 10.2 Å². The number of H-pyrrole nitrogens is 1. The van der Waals surface area contributed by atoms with Crippen LogP contribution in [0.3, 0.4) is 0 Å². The largest absolute Gasteiger partial charge is 0.369 e. The summed E-state index contributed by atoms with van der Waals surface area (Å²) in [6, 6.07) is 0.396. The van der Waals surface area contributed by atoms with Gasteiger partial charge in [0.15, 0.2) is 0 Å². The first-order chi connectivity index (χ1) is 8.34. The van der Waals surface area contributed by atoms with Gasteiger partial charge in [0.2, 0.25) is 0 Å². The SMILES string of the molecule is NC1CCN(c2cn[nH]c2C2CCCC2)CC1. The Morgan fingerprint density at radius 2 is 1.88 bits per heavy atom. The highest BCUT2D eigenvalue weighted by molar-refractivity contribution is 5.51. The minimum absolute atomic E-state index is 0.396. The molecule has 1 aromatic rings. The molecule has 0 atom stereocenters. The van der Waals surface area contributed by atoms with Crippen molar-refractivity contribution >= 4 is 5.69 Å². The second-order valence-electron chi connectivity index (χ2n) is 5.47. The molecule has 0 spiro atoms. The van der Waals surface area contributed by atoms with Crippen LogP contribution in [0.2, 0.25) is 0 Å². The van der Waals surface area contributed by atoms with Gasteiger partial charge in [-0.3, -0.25) is 5.10 Å². The van der Waals surface area contributed by atoms with Crippen LogP contribution in [0.5, 0.6) is 0 Å². The average molecular weight is 234 g/mol. The lowest BCUT2D eigenvalue weighted by molar-refractivity contribution is 0.499. The average Bonchev–Trinajstić information content (AvgIpc) is 3.00. The molecule has 0 amide bonds. The molecule has 17 heavy (non-hydrogen) atoms. The van der Waals surface area contributed by atoms with Crippen molar-refractivity contribution in [2.45, 2.75) is 50.5 Å². The number of rotatable bonds is 2. The molecule has 1 saturated heterocycles. The number of aromatic amines is 1. The second-order valence-corrected chi connectivity index (χ2v) is 5.47. The number of anilines is 1. The molecule has 1 saturated carbocycles. The van der Waals surface area contributed by atoms with Crippen molar-refractivity contribution in [3.05, 3.63) is 11.9 Å². The van der Waals surface area contributed by atoms with Crippen LogP contribution in [-0.2, 0) is 0 Å². The first-order valence-electron chi connectivity index (χ1n) is 6.88. The van der Waals surface area contributed by atoms with Gasteiger partial charge in [-0.25, -0.2) is 0 Å². The number of aromatic nitrogens is 2. The Bertz CT molecular complexity index is 359. The van der Waals surface area contributed by atoms with Crippen LogP contribution in [0, 0.1) is 0 Å². The summed E-state index contributed by atoms with van der Waals surface area (Å²) in [5, 5.41) is 7.50. The number of piperidine rings is 1. The van der Waals surface area contributed by atoms with E-state index in [0.717, 1.165) is 25.9 Å². The van der Waals surface area contributed by atoms with Crippen LogP contribution >= 0.6 is 0 Å². The zero-order valence-electron chi connectivity index (χ0n) is 10.4. The topological polar surface area (TPSA) is 57.9 Å². The fourth-order valence-electron chi connectivity index (χ4n) is 3.20. The minimum atomic E-state index is 0.396. The molecule has 4 heteroatoms.